The van der Waals surface area contributed by atoms with Crippen LogP contribution in [0.3, 0.4) is 0 Å². The van der Waals surface area contributed by atoms with Crippen LogP contribution in [-0.2, 0) is 0 Å². The van der Waals surface area contributed by atoms with Gasteiger partial charge in [-0.3, -0.25) is 0 Å². The molecule has 2 aromatic rings. The van der Waals surface area contributed by atoms with E-state index in [1.807, 2.05) is 0 Å². The fraction of sp³-hybridized carbons (Fsp3) is 0.167. The Hall–Kier alpha value is -1.27. The lowest BCUT2D eigenvalue weighted by Crippen LogP contribution is -2.19. The normalized spacial score (nSPS) is 12.7. The van der Waals surface area contributed by atoms with Crippen LogP contribution in [0.1, 0.15) is 17.2 Å². The number of furan rings is 1. The second-order valence-electron chi connectivity index (χ2n) is 3.66. The third kappa shape index (κ3) is 2.30. The second kappa shape index (κ2) is 5.16. The van der Waals surface area contributed by atoms with E-state index in [4.69, 9.17) is 4.42 Å². The van der Waals surface area contributed by atoms with Crippen molar-refractivity contribution in [2.75, 3.05) is 7.05 Å². The van der Waals surface area contributed by atoms with Crippen molar-refractivity contribution in [1.29, 1.82) is 0 Å². The van der Waals surface area contributed by atoms with Crippen molar-refractivity contribution in [3.05, 3.63) is 57.7 Å². The molecule has 0 radical (unpaired) electrons. The van der Waals surface area contributed by atoms with Gasteiger partial charge in [-0.25, -0.2) is 13.2 Å². The molecule has 0 spiro atoms. The summed E-state index contributed by atoms with van der Waals surface area (Å²) in [5.74, 6) is -3.12. The SMILES string of the molecule is CNC(c1cc(F)c(F)cc1F)c1ccoc1Br. The summed E-state index contributed by atoms with van der Waals surface area (Å²) in [5.41, 5.74) is 0.612. The number of hydrogen-bond donors (Lipinski definition) is 1. The first-order valence-corrected chi connectivity index (χ1v) is 5.88. The highest BCUT2D eigenvalue weighted by Crippen LogP contribution is 2.31. The molecule has 1 N–H and O–H groups in total. The molecule has 1 aromatic carbocycles. The first-order chi connectivity index (χ1) is 8.54. The maximum Gasteiger partial charge on any atom is 0.174 e. The van der Waals surface area contributed by atoms with Crippen molar-refractivity contribution in [3.8, 4) is 0 Å². The maximum absolute atomic E-state index is 13.7. The van der Waals surface area contributed by atoms with Gasteiger partial charge in [0.05, 0.1) is 12.3 Å². The minimum absolute atomic E-state index is 0.0125. The van der Waals surface area contributed by atoms with Crippen molar-refractivity contribution in [2.24, 2.45) is 0 Å². The average Bonchev–Trinajstić information content (AvgIpc) is 2.73. The molecule has 0 fully saturated rings. The third-order valence-corrected chi connectivity index (χ3v) is 3.24. The van der Waals surface area contributed by atoms with Crippen LogP contribution < -0.4 is 5.32 Å². The largest absolute Gasteiger partial charge is 0.457 e. The fourth-order valence-electron chi connectivity index (χ4n) is 1.75. The smallest absolute Gasteiger partial charge is 0.174 e. The highest BCUT2D eigenvalue weighted by molar-refractivity contribution is 9.10. The van der Waals surface area contributed by atoms with E-state index in [2.05, 4.69) is 21.2 Å². The Morgan fingerprint density at radius 3 is 2.33 bits per heavy atom. The lowest BCUT2D eigenvalue weighted by molar-refractivity contribution is 0.481. The maximum atomic E-state index is 13.7. The lowest BCUT2D eigenvalue weighted by Gasteiger charge is -2.16. The van der Waals surface area contributed by atoms with E-state index in [1.165, 1.54) is 6.26 Å². The summed E-state index contributed by atoms with van der Waals surface area (Å²) < 4.78 is 45.2. The van der Waals surface area contributed by atoms with Gasteiger partial charge in [-0.15, -0.1) is 0 Å². The number of hydrogen-bond acceptors (Lipinski definition) is 2. The molecule has 0 bridgehead atoms. The van der Waals surface area contributed by atoms with Gasteiger partial charge in [0.15, 0.2) is 16.3 Å². The zero-order chi connectivity index (χ0) is 13.3. The van der Waals surface area contributed by atoms with Gasteiger partial charge in [-0.05, 0) is 35.1 Å². The van der Waals surface area contributed by atoms with Crippen LogP contribution in [0.5, 0.6) is 0 Å². The van der Waals surface area contributed by atoms with E-state index in [0.717, 1.165) is 6.07 Å². The Morgan fingerprint density at radius 1 is 1.11 bits per heavy atom. The van der Waals surface area contributed by atoms with Gasteiger partial charge in [0.2, 0.25) is 0 Å². The second-order valence-corrected chi connectivity index (χ2v) is 4.38. The molecule has 0 aliphatic heterocycles. The first kappa shape index (κ1) is 13.2. The zero-order valence-electron chi connectivity index (χ0n) is 9.31. The van der Waals surface area contributed by atoms with Gasteiger partial charge in [0.1, 0.15) is 5.82 Å². The highest BCUT2D eigenvalue weighted by Gasteiger charge is 2.22. The summed E-state index contributed by atoms with van der Waals surface area (Å²) in [5, 5.41) is 2.83. The number of nitrogens with one attached hydrogen (secondary N) is 1. The molecular weight excluding hydrogens is 311 g/mol. The van der Waals surface area contributed by atoms with Crippen LogP contribution in [0, 0.1) is 17.5 Å². The van der Waals surface area contributed by atoms with Crippen LogP contribution in [-0.4, -0.2) is 7.05 Å². The summed E-state index contributed by atoms with van der Waals surface area (Å²) in [4.78, 5) is 0. The monoisotopic (exact) mass is 319 g/mol. The minimum atomic E-state index is -1.21. The van der Waals surface area contributed by atoms with Crippen LogP contribution in [0.4, 0.5) is 13.2 Å². The van der Waals surface area contributed by atoms with Crippen LogP contribution in [0.15, 0.2) is 33.5 Å². The van der Waals surface area contributed by atoms with Crippen LogP contribution in [0.2, 0.25) is 0 Å². The summed E-state index contributed by atoms with van der Waals surface area (Å²) in [6.07, 6.45) is 1.42. The molecule has 18 heavy (non-hydrogen) atoms. The molecular formula is C12H9BrF3NO. The third-order valence-electron chi connectivity index (χ3n) is 2.60. The Morgan fingerprint density at radius 2 is 1.78 bits per heavy atom. The molecule has 96 valence electrons. The van der Waals surface area contributed by atoms with Crippen molar-refractivity contribution in [2.45, 2.75) is 6.04 Å². The molecule has 0 aliphatic rings. The Bertz CT molecular complexity index is 570. The zero-order valence-corrected chi connectivity index (χ0v) is 10.9. The summed E-state index contributed by atoms with van der Waals surface area (Å²) in [7, 11) is 1.59. The van der Waals surface area contributed by atoms with E-state index in [9.17, 15) is 13.2 Å². The summed E-state index contributed by atoms with van der Waals surface area (Å²) in [6.45, 7) is 0. The molecule has 1 heterocycles. The first-order valence-electron chi connectivity index (χ1n) is 5.09. The molecule has 1 atom stereocenters. The van der Waals surface area contributed by atoms with Gasteiger partial charge >= 0.3 is 0 Å². The van der Waals surface area contributed by atoms with E-state index in [0.29, 0.717) is 16.3 Å². The molecule has 0 amide bonds. The highest BCUT2D eigenvalue weighted by atomic mass is 79.9. The van der Waals surface area contributed by atoms with Crippen molar-refractivity contribution >= 4 is 15.9 Å². The van der Waals surface area contributed by atoms with Gasteiger partial charge < -0.3 is 9.73 Å². The predicted octanol–water partition coefficient (Wildman–Crippen LogP) is 3.77. The summed E-state index contributed by atoms with van der Waals surface area (Å²) >= 11 is 3.17. The van der Waals surface area contributed by atoms with Crippen LogP contribution in [0.25, 0.3) is 0 Å². The lowest BCUT2D eigenvalue weighted by atomic mass is 10.0. The van der Waals surface area contributed by atoms with Crippen LogP contribution >= 0.6 is 15.9 Å². The molecule has 2 nitrogen and oxygen atoms in total. The van der Waals surface area contributed by atoms with Crippen molar-refractivity contribution < 1.29 is 17.6 Å². The molecule has 0 saturated heterocycles. The molecule has 1 aromatic heterocycles. The van der Waals surface area contributed by atoms with Gasteiger partial charge in [-0.1, -0.05) is 0 Å². The molecule has 0 saturated carbocycles. The number of benzene rings is 1. The molecule has 2 rings (SSSR count). The predicted molar refractivity (Wildman–Crippen MR) is 63.6 cm³/mol. The molecule has 6 heteroatoms. The standard InChI is InChI=1S/C12H9BrF3NO/c1-17-11(6-2-3-18-12(6)13)7-4-9(15)10(16)5-8(7)14/h2-5,11,17H,1H3. The van der Waals surface area contributed by atoms with Gasteiger partial charge in [0, 0.05) is 17.2 Å². The van der Waals surface area contributed by atoms with E-state index >= 15 is 0 Å². The van der Waals surface area contributed by atoms with E-state index in [1.54, 1.807) is 13.1 Å². The van der Waals surface area contributed by atoms with Crippen molar-refractivity contribution in [3.63, 3.8) is 0 Å². The van der Waals surface area contributed by atoms with Gasteiger partial charge in [-0.2, -0.15) is 0 Å². The topological polar surface area (TPSA) is 25.2 Å². The number of rotatable bonds is 3. The van der Waals surface area contributed by atoms with Gasteiger partial charge in [0.25, 0.3) is 0 Å². The van der Waals surface area contributed by atoms with E-state index < -0.39 is 23.5 Å². The summed E-state index contributed by atoms with van der Waals surface area (Å²) in [6, 6.07) is 2.36. The minimum Gasteiger partial charge on any atom is -0.457 e. The Balaban J connectivity index is 2.52. The van der Waals surface area contributed by atoms with E-state index in [-0.39, 0.29) is 5.56 Å². The molecule has 0 aliphatic carbocycles. The number of halogens is 4. The Labute approximate surface area is 110 Å². The fourth-order valence-corrected chi connectivity index (χ4v) is 2.22. The van der Waals surface area contributed by atoms with Crippen molar-refractivity contribution in [1.82, 2.24) is 5.32 Å². The molecule has 1 unspecified atom stereocenters. The Kier molecular flexibility index (Phi) is 3.77. The quantitative estimate of drug-likeness (QED) is 0.871. The average molecular weight is 320 g/mol.